The largest absolute Gasteiger partial charge is 0.416 e. The Morgan fingerprint density at radius 1 is 1.32 bits per heavy atom. The Morgan fingerprint density at radius 3 is 2.59 bits per heavy atom. The van der Waals surface area contributed by atoms with Gasteiger partial charge in [-0.15, -0.1) is 0 Å². The molecule has 5 fully saturated rings. The Morgan fingerprint density at radius 2 is 2.05 bits per heavy atom. The molecule has 5 aliphatic carbocycles. The molecular formula is C17H18F3NO. The SMILES string of the molecule is CC12CC3(C(=O)Nc4cccc(C(F)(F)F)c4)C1CCC23C. The van der Waals surface area contributed by atoms with E-state index in [1.54, 1.807) is 0 Å². The molecule has 5 heteroatoms. The first-order valence-corrected chi connectivity index (χ1v) is 7.64. The summed E-state index contributed by atoms with van der Waals surface area (Å²) in [4.78, 5) is 12.7. The van der Waals surface area contributed by atoms with Crippen molar-refractivity contribution < 1.29 is 18.0 Å². The molecule has 0 saturated heterocycles. The molecule has 1 aromatic rings. The maximum absolute atomic E-state index is 12.8. The molecule has 4 atom stereocenters. The first-order chi connectivity index (χ1) is 10.2. The Kier molecular flexibility index (Phi) is 2.36. The van der Waals surface area contributed by atoms with Crippen molar-refractivity contribution in [2.75, 3.05) is 5.32 Å². The first kappa shape index (κ1) is 14.1. The summed E-state index contributed by atoms with van der Waals surface area (Å²) < 4.78 is 38.3. The zero-order chi connectivity index (χ0) is 16.0. The number of carbonyl (C=O) groups is 1. The van der Waals surface area contributed by atoms with Gasteiger partial charge in [-0.1, -0.05) is 19.9 Å². The minimum absolute atomic E-state index is 0.0242. The highest BCUT2D eigenvalue weighted by Gasteiger charge is 2.91. The van der Waals surface area contributed by atoms with E-state index in [1.165, 1.54) is 12.1 Å². The van der Waals surface area contributed by atoms with Crippen molar-refractivity contribution in [3.05, 3.63) is 29.8 Å². The van der Waals surface area contributed by atoms with E-state index in [0.717, 1.165) is 31.4 Å². The summed E-state index contributed by atoms with van der Waals surface area (Å²) in [6.07, 6.45) is -1.42. The van der Waals surface area contributed by atoms with Crippen LogP contribution in [-0.4, -0.2) is 5.91 Å². The van der Waals surface area contributed by atoms with Crippen LogP contribution in [0.15, 0.2) is 24.3 Å². The maximum atomic E-state index is 12.8. The molecule has 5 aliphatic rings. The van der Waals surface area contributed by atoms with Crippen molar-refractivity contribution in [2.24, 2.45) is 22.2 Å². The van der Waals surface area contributed by atoms with Gasteiger partial charge in [0.25, 0.3) is 0 Å². The Balaban J connectivity index is 1.58. The number of benzene rings is 1. The van der Waals surface area contributed by atoms with Gasteiger partial charge in [-0.05, 0) is 54.2 Å². The number of amides is 1. The van der Waals surface area contributed by atoms with E-state index in [9.17, 15) is 18.0 Å². The second-order valence-corrected chi connectivity index (χ2v) is 7.52. The Hall–Kier alpha value is -1.52. The van der Waals surface area contributed by atoms with Crippen LogP contribution in [0.25, 0.3) is 0 Å². The van der Waals surface area contributed by atoms with Crippen LogP contribution in [-0.2, 0) is 11.0 Å². The molecule has 0 spiro atoms. The van der Waals surface area contributed by atoms with Gasteiger partial charge in [-0.25, -0.2) is 0 Å². The molecule has 118 valence electrons. The summed E-state index contributed by atoms with van der Waals surface area (Å²) in [6, 6.07) is 4.88. The number of fused-ring (bicyclic) bond motifs is 1. The smallest absolute Gasteiger partial charge is 0.326 e. The summed E-state index contributed by atoms with van der Waals surface area (Å²) in [7, 11) is 0. The van der Waals surface area contributed by atoms with Gasteiger partial charge in [0.1, 0.15) is 0 Å². The molecule has 22 heavy (non-hydrogen) atoms. The number of alkyl halides is 3. The van der Waals surface area contributed by atoms with Gasteiger partial charge in [-0.3, -0.25) is 4.79 Å². The number of carbonyl (C=O) groups excluding carboxylic acids is 1. The van der Waals surface area contributed by atoms with E-state index in [4.69, 9.17) is 0 Å². The van der Waals surface area contributed by atoms with Gasteiger partial charge in [-0.2, -0.15) is 13.2 Å². The lowest BCUT2D eigenvalue weighted by molar-refractivity contribution is -0.326. The maximum Gasteiger partial charge on any atom is 0.416 e. The normalized spacial score (nSPS) is 41.6. The van der Waals surface area contributed by atoms with Gasteiger partial charge in [0.05, 0.1) is 11.0 Å². The molecule has 1 amide bonds. The average molecular weight is 309 g/mol. The van der Waals surface area contributed by atoms with Crippen molar-refractivity contribution in [1.82, 2.24) is 0 Å². The van der Waals surface area contributed by atoms with Crippen LogP contribution >= 0.6 is 0 Å². The lowest BCUT2D eigenvalue weighted by Gasteiger charge is -2.81. The number of halogens is 3. The van der Waals surface area contributed by atoms with E-state index < -0.39 is 11.7 Å². The summed E-state index contributed by atoms with van der Waals surface area (Å²) in [6.45, 7) is 4.40. The molecule has 1 aromatic carbocycles. The van der Waals surface area contributed by atoms with Gasteiger partial charge in [0, 0.05) is 5.69 Å². The van der Waals surface area contributed by atoms with Crippen molar-refractivity contribution >= 4 is 11.6 Å². The van der Waals surface area contributed by atoms with Crippen LogP contribution in [0.5, 0.6) is 0 Å². The third-order valence-electron chi connectivity index (χ3n) is 7.04. The Bertz CT molecular complexity index is 685. The second-order valence-electron chi connectivity index (χ2n) is 7.52. The van der Waals surface area contributed by atoms with E-state index in [-0.39, 0.29) is 27.8 Å². The van der Waals surface area contributed by atoms with Gasteiger partial charge in [0.2, 0.25) is 5.91 Å². The van der Waals surface area contributed by atoms with Crippen LogP contribution in [0.3, 0.4) is 0 Å². The zero-order valence-electron chi connectivity index (χ0n) is 12.6. The number of hydrogen-bond acceptors (Lipinski definition) is 1. The quantitative estimate of drug-likeness (QED) is 0.858. The van der Waals surface area contributed by atoms with Crippen LogP contribution < -0.4 is 5.32 Å². The third kappa shape index (κ3) is 1.28. The van der Waals surface area contributed by atoms with Gasteiger partial charge >= 0.3 is 6.18 Å². The number of anilines is 1. The molecule has 6 rings (SSSR count). The molecule has 4 unspecified atom stereocenters. The number of rotatable bonds is 2. The molecule has 0 heterocycles. The molecule has 4 bridgehead atoms. The van der Waals surface area contributed by atoms with Crippen LogP contribution in [0.1, 0.15) is 38.7 Å². The standard InChI is InChI=1S/C17H18F3NO/c1-14-9-16(12(14)6-7-15(14,16)2)13(22)21-11-5-3-4-10(8-11)17(18,19)20/h3-5,8,12H,6-7,9H2,1-2H3,(H,21,22). The summed E-state index contributed by atoms with van der Waals surface area (Å²) in [5.74, 6) is 0.302. The highest BCUT2D eigenvalue weighted by Crippen LogP contribution is 2.93. The summed E-state index contributed by atoms with van der Waals surface area (Å²) in [5, 5.41) is 2.74. The molecule has 0 aliphatic heterocycles. The first-order valence-electron chi connectivity index (χ1n) is 7.64. The van der Waals surface area contributed by atoms with E-state index >= 15 is 0 Å². The highest BCUT2D eigenvalue weighted by molar-refractivity contribution is 5.99. The lowest BCUT2D eigenvalue weighted by Crippen LogP contribution is -2.81. The van der Waals surface area contributed by atoms with Crippen molar-refractivity contribution in [3.8, 4) is 0 Å². The van der Waals surface area contributed by atoms with E-state index in [2.05, 4.69) is 19.2 Å². The average Bonchev–Trinajstić information content (AvgIpc) is 2.81. The van der Waals surface area contributed by atoms with Crippen LogP contribution in [0.4, 0.5) is 18.9 Å². The summed E-state index contributed by atoms with van der Waals surface area (Å²) >= 11 is 0. The molecular weight excluding hydrogens is 291 g/mol. The number of nitrogens with one attached hydrogen (secondary N) is 1. The zero-order valence-corrected chi connectivity index (χ0v) is 12.6. The van der Waals surface area contributed by atoms with Crippen LogP contribution in [0, 0.1) is 22.2 Å². The van der Waals surface area contributed by atoms with Crippen molar-refractivity contribution in [3.63, 3.8) is 0 Å². The minimum Gasteiger partial charge on any atom is -0.326 e. The second kappa shape index (κ2) is 3.69. The highest BCUT2D eigenvalue weighted by atomic mass is 19.4. The fourth-order valence-corrected chi connectivity index (χ4v) is 5.73. The predicted octanol–water partition coefficient (Wildman–Crippen LogP) is 4.47. The monoisotopic (exact) mass is 309 g/mol. The molecule has 2 nitrogen and oxygen atoms in total. The van der Waals surface area contributed by atoms with Gasteiger partial charge < -0.3 is 5.32 Å². The van der Waals surface area contributed by atoms with Gasteiger partial charge in [0.15, 0.2) is 0 Å². The number of hydrogen-bond donors (Lipinski definition) is 1. The van der Waals surface area contributed by atoms with Crippen molar-refractivity contribution in [1.29, 1.82) is 0 Å². The van der Waals surface area contributed by atoms with Crippen molar-refractivity contribution in [2.45, 2.75) is 39.3 Å². The van der Waals surface area contributed by atoms with Crippen LogP contribution in [0.2, 0.25) is 0 Å². The molecule has 5 saturated carbocycles. The molecule has 1 N–H and O–H groups in total. The van der Waals surface area contributed by atoms with E-state index in [0.29, 0.717) is 5.92 Å². The third-order valence-corrected chi connectivity index (χ3v) is 7.04. The summed E-state index contributed by atoms with van der Waals surface area (Å²) in [5.41, 5.74) is -0.563. The van der Waals surface area contributed by atoms with E-state index in [1.807, 2.05) is 0 Å². The topological polar surface area (TPSA) is 29.1 Å². The lowest BCUT2D eigenvalue weighted by atomic mass is 9.21. The Labute approximate surface area is 127 Å². The predicted molar refractivity (Wildman–Crippen MR) is 76.1 cm³/mol. The fourth-order valence-electron chi connectivity index (χ4n) is 5.73. The minimum atomic E-state index is -4.39. The fraction of sp³-hybridized carbons (Fsp3) is 0.588. The molecule has 0 radical (unpaired) electrons. The molecule has 0 aromatic heterocycles.